The van der Waals surface area contributed by atoms with Crippen molar-refractivity contribution in [3.05, 3.63) is 23.0 Å². The van der Waals surface area contributed by atoms with Crippen molar-refractivity contribution in [2.45, 2.75) is 13.8 Å². The van der Waals surface area contributed by atoms with Crippen LogP contribution in [-0.4, -0.2) is 19.6 Å². The molecule has 0 radical (unpaired) electrons. The lowest BCUT2D eigenvalue weighted by atomic mass is 9.93. The maximum Gasteiger partial charge on any atom is 0.235 e. The van der Waals surface area contributed by atoms with E-state index in [0.717, 1.165) is 0 Å². The molecule has 5 heteroatoms. The van der Waals surface area contributed by atoms with E-state index in [0.29, 0.717) is 11.4 Å². The molecule has 0 saturated carbocycles. The summed E-state index contributed by atoms with van der Waals surface area (Å²) < 4.78 is 18.9. The summed E-state index contributed by atoms with van der Waals surface area (Å²) in [5.41, 5.74) is -0.237. The number of nitrogens with zero attached hydrogens (tertiary/aromatic N) is 1. The van der Waals surface area contributed by atoms with Gasteiger partial charge in [-0.3, -0.25) is 4.79 Å². The molecular weight excluding hydrogens is 245 g/mol. The normalized spacial score (nSPS) is 18.4. The van der Waals surface area contributed by atoms with Crippen molar-refractivity contribution in [2.24, 2.45) is 5.41 Å². The molecule has 3 nitrogen and oxygen atoms in total. The van der Waals surface area contributed by atoms with Crippen molar-refractivity contribution in [3.63, 3.8) is 0 Å². The summed E-state index contributed by atoms with van der Waals surface area (Å²) in [6.07, 6.45) is 0. The molecule has 1 aliphatic heterocycles. The highest BCUT2D eigenvalue weighted by molar-refractivity contribution is 6.31. The molecule has 0 aromatic heterocycles. The molecule has 0 fully saturated rings. The highest BCUT2D eigenvalue weighted by Crippen LogP contribution is 2.38. The van der Waals surface area contributed by atoms with Gasteiger partial charge >= 0.3 is 0 Å². The number of hydrogen-bond donors (Lipinski definition) is 0. The zero-order valence-electron chi connectivity index (χ0n) is 9.88. The Balaban J connectivity index is 2.55. The van der Waals surface area contributed by atoms with E-state index in [1.807, 2.05) is 0 Å². The molecule has 1 aliphatic rings. The van der Waals surface area contributed by atoms with Gasteiger partial charge in [-0.05, 0) is 13.8 Å². The minimum atomic E-state index is -0.642. The van der Waals surface area contributed by atoms with E-state index in [9.17, 15) is 9.18 Å². The molecule has 1 heterocycles. The van der Waals surface area contributed by atoms with E-state index in [-0.39, 0.29) is 17.5 Å². The molecule has 92 valence electrons. The quantitative estimate of drug-likeness (QED) is 0.715. The van der Waals surface area contributed by atoms with Crippen molar-refractivity contribution in [1.82, 2.24) is 0 Å². The third kappa shape index (κ3) is 1.97. The van der Waals surface area contributed by atoms with Gasteiger partial charge in [-0.2, -0.15) is 0 Å². The van der Waals surface area contributed by atoms with E-state index in [4.69, 9.17) is 16.3 Å². The number of anilines is 1. The van der Waals surface area contributed by atoms with Crippen molar-refractivity contribution >= 4 is 23.2 Å². The van der Waals surface area contributed by atoms with Gasteiger partial charge in [0.25, 0.3) is 0 Å². The van der Waals surface area contributed by atoms with E-state index in [2.05, 4.69) is 0 Å². The van der Waals surface area contributed by atoms with Crippen molar-refractivity contribution in [3.8, 4) is 5.75 Å². The van der Waals surface area contributed by atoms with Gasteiger partial charge < -0.3 is 9.64 Å². The van der Waals surface area contributed by atoms with E-state index >= 15 is 0 Å². The number of carbonyl (C=O) groups excluding carboxylic acids is 1. The minimum Gasteiger partial charge on any atom is -0.490 e. The van der Waals surface area contributed by atoms with Gasteiger partial charge in [0.15, 0.2) is 0 Å². The number of amides is 1. The average Bonchev–Trinajstić information content (AvgIpc) is 2.34. The SMILES string of the molecule is CN1C(=O)C(C)(C)COc2cc(Cl)c(F)cc21. The summed E-state index contributed by atoms with van der Waals surface area (Å²) in [6.45, 7) is 3.82. The van der Waals surface area contributed by atoms with E-state index in [1.54, 1.807) is 20.9 Å². The maximum atomic E-state index is 13.4. The van der Waals surface area contributed by atoms with Gasteiger partial charge in [-0.1, -0.05) is 11.6 Å². The van der Waals surface area contributed by atoms with Crippen LogP contribution in [0.1, 0.15) is 13.8 Å². The average molecular weight is 258 g/mol. The lowest BCUT2D eigenvalue weighted by molar-refractivity contribution is -0.127. The molecule has 1 aromatic rings. The Morgan fingerprint density at radius 3 is 2.76 bits per heavy atom. The standard InChI is InChI=1S/C12H13ClFNO2/c1-12(2)6-17-10-4-7(13)8(14)5-9(10)15(3)11(12)16/h4-5H,6H2,1-3H3. The van der Waals surface area contributed by atoms with Crippen LogP contribution in [0.2, 0.25) is 5.02 Å². The smallest absolute Gasteiger partial charge is 0.235 e. The number of halogens is 2. The summed E-state index contributed by atoms with van der Waals surface area (Å²) in [4.78, 5) is 13.5. The number of benzene rings is 1. The Morgan fingerprint density at radius 2 is 2.12 bits per heavy atom. The molecule has 0 aliphatic carbocycles. The van der Waals surface area contributed by atoms with Gasteiger partial charge in [-0.15, -0.1) is 0 Å². The monoisotopic (exact) mass is 257 g/mol. The zero-order chi connectivity index (χ0) is 12.8. The van der Waals surface area contributed by atoms with Gasteiger partial charge in [-0.25, -0.2) is 4.39 Å². The predicted octanol–water partition coefficient (Wildman–Crippen LogP) is 2.86. The first-order valence-electron chi connectivity index (χ1n) is 5.23. The van der Waals surface area contributed by atoms with Crippen LogP contribution in [0.3, 0.4) is 0 Å². The van der Waals surface area contributed by atoms with Gasteiger partial charge in [0.1, 0.15) is 18.2 Å². The molecule has 1 aromatic carbocycles. The summed E-state index contributed by atoms with van der Waals surface area (Å²) in [5.74, 6) is -0.246. The second-order valence-corrected chi connectivity index (χ2v) is 5.18. The molecule has 0 saturated heterocycles. The first-order valence-corrected chi connectivity index (χ1v) is 5.61. The van der Waals surface area contributed by atoms with Crippen molar-refractivity contribution in [2.75, 3.05) is 18.6 Å². The third-order valence-corrected chi connectivity index (χ3v) is 3.12. The molecule has 0 spiro atoms. The Kier molecular flexibility index (Phi) is 2.78. The Hall–Kier alpha value is -1.29. The van der Waals surface area contributed by atoms with Crippen LogP contribution in [0.4, 0.5) is 10.1 Å². The minimum absolute atomic E-state index is 0.00990. The fourth-order valence-corrected chi connectivity index (χ4v) is 1.93. The lowest BCUT2D eigenvalue weighted by Gasteiger charge is -2.24. The van der Waals surface area contributed by atoms with Crippen LogP contribution >= 0.6 is 11.6 Å². The number of hydrogen-bond acceptors (Lipinski definition) is 2. The summed E-state index contributed by atoms with van der Waals surface area (Å²) in [6, 6.07) is 2.62. The second-order valence-electron chi connectivity index (χ2n) is 4.77. The Morgan fingerprint density at radius 1 is 1.47 bits per heavy atom. The number of ether oxygens (including phenoxy) is 1. The number of fused-ring (bicyclic) bond motifs is 1. The summed E-state index contributed by atoms with van der Waals surface area (Å²) in [7, 11) is 1.60. The van der Waals surface area contributed by atoms with E-state index < -0.39 is 11.2 Å². The Bertz CT molecular complexity index is 488. The van der Waals surface area contributed by atoms with Crippen LogP contribution in [0.25, 0.3) is 0 Å². The zero-order valence-corrected chi connectivity index (χ0v) is 10.6. The molecule has 0 bridgehead atoms. The highest BCUT2D eigenvalue weighted by atomic mass is 35.5. The fraction of sp³-hybridized carbons (Fsp3) is 0.417. The van der Waals surface area contributed by atoms with Crippen LogP contribution in [0.5, 0.6) is 5.75 Å². The van der Waals surface area contributed by atoms with E-state index in [1.165, 1.54) is 17.0 Å². The molecule has 0 N–H and O–H groups in total. The fourth-order valence-electron chi connectivity index (χ4n) is 1.78. The second kappa shape index (κ2) is 3.88. The predicted molar refractivity (Wildman–Crippen MR) is 64.1 cm³/mol. The largest absolute Gasteiger partial charge is 0.490 e. The van der Waals surface area contributed by atoms with Crippen LogP contribution < -0.4 is 9.64 Å². The van der Waals surface area contributed by atoms with Gasteiger partial charge in [0.2, 0.25) is 5.91 Å². The van der Waals surface area contributed by atoms with Crippen LogP contribution in [0, 0.1) is 11.2 Å². The Labute approximate surface area is 104 Å². The molecule has 2 rings (SSSR count). The molecule has 0 atom stereocenters. The van der Waals surface area contributed by atoms with Gasteiger partial charge in [0, 0.05) is 19.2 Å². The summed E-state index contributed by atoms with van der Waals surface area (Å²) >= 11 is 5.70. The number of rotatable bonds is 0. The molecule has 1 amide bonds. The third-order valence-electron chi connectivity index (χ3n) is 2.84. The highest BCUT2D eigenvalue weighted by Gasteiger charge is 2.36. The van der Waals surface area contributed by atoms with Crippen LogP contribution in [-0.2, 0) is 4.79 Å². The lowest BCUT2D eigenvalue weighted by Crippen LogP contribution is -2.39. The summed E-state index contributed by atoms with van der Waals surface area (Å²) in [5, 5.41) is -0.00990. The van der Waals surface area contributed by atoms with Crippen LogP contribution in [0.15, 0.2) is 12.1 Å². The van der Waals surface area contributed by atoms with Gasteiger partial charge in [0.05, 0.1) is 16.1 Å². The maximum absolute atomic E-state index is 13.4. The molecule has 0 unspecified atom stereocenters. The number of carbonyl (C=O) groups is 1. The molecule has 17 heavy (non-hydrogen) atoms. The topological polar surface area (TPSA) is 29.5 Å². The first kappa shape index (κ1) is 12.2. The van der Waals surface area contributed by atoms with Crippen molar-refractivity contribution < 1.29 is 13.9 Å². The van der Waals surface area contributed by atoms with Crippen molar-refractivity contribution in [1.29, 1.82) is 0 Å². The molecular formula is C12H13ClFNO2. The first-order chi connectivity index (χ1) is 7.83.